The molecule has 0 bridgehead atoms. The number of rotatable bonds is 7. The van der Waals surface area contributed by atoms with Gasteiger partial charge >= 0.3 is 0 Å². The fraction of sp³-hybridized carbons (Fsp3) is 0.600. The number of hydrogen-bond donors (Lipinski definition) is 1. The third-order valence-electron chi connectivity index (χ3n) is 3.38. The molecule has 0 saturated carbocycles. The molecule has 1 rings (SSSR count). The number of likely N-dealkylation sites (N-methyl/N-ethyl adjacent to an activating group) is 1. The fourth-order valence-electron chi connectivity index (χ4n) is 2.14. The Kier molecular flexibility index (Phi) is 6.01. The Labute approximate surface area is 117 Å². The molecule has 0 spiro atoms. The summed E-state index contributed by atoms with van der Waals surface area (Å²) in [4.78, 5) is 0. The Bertz CT molecular complexity index is 509. The van der Waals surface area contributed by atoms with Crippen LogP contribution in [-0.4, -0.2) is 33.0 Å². The number of aryl methyl sites for hydroxylation is 2. The van der Waals surface area contributed by atoms with Gasteiger partial charge in [-0.25, -0.2) is 8.42 Å². The molecule has 108 valence electrons. The van der Waals surface area contributed by atoms with E-state index in [2.05, 4.69) is 37.4 Å². The Morgan fingerprint density at radius 1 is 1.21 bits per heavy atom. The lowest BCUT2D eigenvalue weighted by Crippen LogP contribution is -2.32. The van der Waals surface area contributed by atoms with Crippen LogP contribution in [0.4, 0.5) is 0 Å². The van der Waals surface area contributed by atoms with Gasteiger partial charge in [0.2, 0.25) is 0 Å². The molecule has 19 heavy (non-hydrogen) atoms. The van der Waals surface area contributed by atoms with E-state index in [4.69, 9.17) is 0 Å². The maximum Gasteiger partial charge on any atom is 0.147 e. The van der Waals surface area contributed by atoms with Crippen LogP contribution in [0.5, 0.6) is 0 Å². The van der Waals surface area contributed by atoms with Gasteiger partial charge in [0.1, 0.15) is 9.84 Å². The molecule has 1 N–H and O–H groups in total. The molecule has 0 aliphatic carbocycles. The molecule has 0 aromatic heterocycles. The van der Waals surface area contributed by atoms with Crippen molar-refractivity contribution < 1.29 is 8.42 Å². The highest BCUT2D eigenvalue weighted by molar-refractivity contribution is 7.90. The van der Waals surface area contributed by atoms with Crippen LogP contribution in [0.15, 0.2) is 18.2 Å². The average molecular weight is 283 g/mol. The van der Waals surface area contributed by atoms with Gasteiger partial charge in [0, 0.05) is 12.3 Å². The number of sulfone groups is 1. The van der Waals surface area contributed by atoms with Gasteiger partial charge in [0.05, 0.1) is 5.75 Å². The standard InChI is InChI=1S/C15H25NO2S/c1-5-16-15(8-9-19(4,17)18)11-14-7-6-12(2)13(3)10-14/h6-7,10,15-16H,5,8-9,11H2,1-4H3. The van der Waals surface area contributed by atoms with E-state index in [1.807, 2.05) is 6.92 Å². The molecule has 3 nitrogen and oxygen atoms in total. The maximum atomic E-state index is 11.3. The van der Waals surface area contributed by atoms with Crippen molar-refractivity contribution in [2.75, 3.05) is 18.6 Å². The summed E-state index contributed by atoms with van der Waals surface area (Å²) in [5, 5.41) is 3.37. The van der Waals surface area contributed by atoms with Crippen LogP contribution in [0.2, 0.25) is 0 Å². The van der Waals surface area contributed by atoms with Crippen molar-refractivity contribution in [3.63, 3.8) is 0 Å². The number of nitrogens with one attached hydrogen (secondary N) is 1. The van der Waals surface area contributed by atoms with Gasteiger partial charge in [-0.3, -0.25) is 0 Å². The van der Waals surface area contributed by atoms with Crippen LogP contribution in [0, 0.1) is 13.8 Å². The summed E-state index contributed by atoms with van der Waals surface area (Å²) >= 11 is 0. The van der Waals surface area contributed by atoms with Gasteiger partial charge in [-0.1, -0.05) is 25.1 Å². The van der Waals surface area contributed by atoms with E-state index in [-0.39, 0.29) is 11.8 Å². The predicted molar refractivity (Wildman–Crippen MR) is 81.4 cm³/mol. The molecular weight excluding hydrogens is 258 g/mol. The second kappa shape index (κ2) is 7.06. The Morgan fingerprint density at radius 3 is 2.42 bits per heavy atom. The van der Waals surface area contributed by atoms with Crippen molar-refractivity contribution >= 4 is 9.84 Å². The molecule has 1 unspecified atom stereocenters. The van der Waals surface area contributed by atoms with Gasteiger partial charge in [0.15, 0.2) is 0 Å². The second-order valence-corrected chi connectivity index (χ2v) is 7.56. The van der Waals surface area contributed by atoms with Gasteiger partial charge < -0.3 is 5.32 Å². The summed E-state index contributed by atoms with van der Waals surface area (Å²) in [6.07, 6.45) is 2.84. The van der Waals surface area contributed by atoms with Crippen LogP contribution in [0.3, 0.4) is 0 Å². The summed E-state index contributed by atoms with van der Waals surface area (Å²) < 4.78 is 22.5. The highest BCUT2D eigenvalue weighted by Gasteiger charge is 2.12. The van der Waals surface area contributed by atoms with E-state index in [0.29, 0.717) is 6.42 Å². The molecule has 4 heteroatoms. The van der Waals surface area contributed by atoms with E-state index in [1.165, 1.54) is 22.9 Å². The van der Waals surface area contributed by atoms with Crippen molar-refractivity contribution in [3.8, 4) is 0 Å². The van der Waals surface area contributed by atoms with Crippen LogP contribution in [0.25, 0.3) is 0 Å². The van der Waals surface area contributed by atoms with Crippen molar-refractivity contribution in [1.29, 1.82) is 0 Å². The van der Waals surface area contributed by atoms with Gasteiger partial charge in [-0.05, 0) is 49.9 Å². The largest absolute Gasteiger partial charge is 0.314 e. The molecule has 0 radical (unpaired) electrons. The predicted octanol–water partition coefficient (Wildman–Crippen LogP) is 2.26. The highest BCUT2D eigenvalue weighted by Crippen LogP contribution is 2.13. The number of hydrogen-bond acceptors (Lipinski definition) is 3. The zero-order valence-electron chi connectivity index (χ0n) is 12.4. The monoisotopic (exact) mass is 283 g/mol. The minimum atomic E-state index is -2.88. The van der Waals surface area contributed by atoms with E-state index >= 15 is 0 Å². The Morgan fingerprint density at radius 2 is 1.89 bits per heavy atom. The first-order valence-corrected chi connectivity index (χ1v) is 8.85. The summed E-state index contributed by atoms with van der Waals surface area (Å²) in [6, 6.07) is 6.68. The van der Waals surface area contributed by atoms with E-state index in [0.717, 1.165) is 13.0 Å². The molecular formula is C15H25NO2S. The lowest BCUT2D eigenvalue weighted by molar-refractivity contribution is 0.506. The van der Waals surface area contributed by atoms with Gasteiger partial charge in [-0.15, -0.1) is 0 Å². The summed E-state index contributed by atoms with van der Waals surface area (Å²) in [5.74, 6) is 0.246. The summed E-state index contributed by atoms with van der Waals surface area (Å²) in [6.45, 7) is 7.12. The third-order valence-corrected chi connectivity index (χ3v) is 4.36. The summed E-state index contributed by atoms with van der Waals surface area (Å²) in [5.41, 5.74) is 3.85. The van der Waals surface area contributed by atoms with Crippen molar-refractivity contribution in [1.82, 2.24) is 5.32 Å². The second-order valence-electron chi connectivity index (χ2n) is 5.30. The minimum absolute atomic E-state index is 0.224. The fourth-order valence-corrected chi connectivity index (χ4v) is 2.85. The molecule has 0 heterocycles. The molecule has 1 aromatic carbocycles. The van der Waals surface area contributed by atoms with Crippen LogP contribution >= 0.6 is 0 Å². The summed E-state index contributed by atoms with van der Waals surface area (Å²) in [7, 11) is -2.88. The van der Waals surface area contributed by atoms with Crippen LogP contribution in [-0.2, 0) is 16.3 Å². The quantitative estimate of drug-likeness (QED) is 0.835. The topological polar surface area (TPSA) is 46.2 Å². The zero-order chi connectivity index (χ0) is 14.5. The first kappa shape index (κ1) is 16.2. The van der Waals surface area contributed by atoms with E-state index in [1.54, 1.807) is 0 Å². The minimum Gasteiger partial charge on any atom is -0.314 e. The molecule has 0 saturated heterocycles. The third kappa shape index (κ3) is 6.21. The molecule has 0 amide bonds. The first-order chi connectivity index (χ1) is 8.81. The average Bonchev–Trinajstić information content (AvgIpc) is 2.30. The van der Waals surface area contributed by atoms with Gasteiger partial charge in [0.25, 0.3) is 0 Å². The van der Waals surface area contributed by atoms with Crippen molar-refractivity contribution in [2.45, 2.75) is 39.7 Å². The molecule has 1 atom stereocenters. The normalized spacial score (nSPS) is 13.5. The molecule has 0 aliphatic heterocycles. The molecule has 0 fully saturated rings. The molecule has 1 aromatic rings. The number of benzene rings is 1. The first-order valence-electron chi connectivity index (χ1n) is 6.79. The van der Waals surface area contributed by atoms with Crippen LogP contribution in [0.1, 0.15) is 30.0 Å². The van der Waals surface area contributed by atoms with Gasteiger partial charge in [-0.2, -0.15) is 0 Å². The SMILES string of the molecule is CCNC(CCS(C)(=O)=O)Cc1ccc(C)c(C)c1. The van der Waals surface area contributed by atoms with E-state index in [9.17, 15) is 8.42 Å². The Hall–Kier alpha value is -0.870. The Balaban J connectivity index is 2.69. The maximum absolute atomic E-state index is 11.3. The smallest absolute Gasteiger partial charge is 0.147 e. The van der Waals surface area contributed by atoms with E-state index < -0.39 is 9.84 Å². The van der Waals surface area contributed by atoms with Crippen LogP contribution < -0.4 is 5.32 Å². The molecule has 0 aliphatic rings. The van der Waals surface area contributed by atoms with Crippen molar-refractivity contribution in [3.05, 3.63) is 34.9 Å². The van der Waals surface area contributed by atoms with Crippen molar-refractivity contribution in [2.24, 2.45) is 0 Å². The highest BCUT2D eigenvalue weighted by atomic mass is 32.2. The lowest BCUT2D eigenvalue weighted by Gasteiger charge is -2.18. The lowest BCUT2D eigenvalue weighted by atomic mass is 10.00. The zero-order valence-corrected chi connectivity index (χ0v) is 13.2.